The molecular weight excluding hydrogens is 1120 g/mol. The summed E-state index contributed by atoms with van der Waals surface area (Å²) in [4.78, 5) is 44.6. The summed E-state index contributed by atoms with van der Waals surface area (Å²) in [5.41, 5.74) is -4.01. The van der Waals surface area contributed by atoms with Crippen molar-refractivity contribution < 1.29 is 179 Å². The van der Waals surface area contributed by atoms with E-state index in [1.165, 1.54) is 13.6 Å². The first-order chi connectivity index (χ1) is 34.8. The Labute approximate surface area is 531 Å². The average Bonchev–Trinajstić information content (AvgIpc) is 3.27. The predicted octanol–water partition coefficient (Wildman–Crippen LogP) is -8.56. The molecule has 82 heavy (non-hydrogen) atoms. The van der Waals surface area contributed by atoms with E-state index in [1.54, 1.807) is 69.2 Å². The van der Waals surface area contributed by atoms with Crippen molar-refractivity contribution in [3.8, 4) is 0 Å². The molecule has 1 amide bonds. The molecule has 0 saturated carbocycles. The number of amides is 1. The number of hydrogen-bond acceptors (Lipinski definition) is 24. The third-order valence-electron chi connectivity index (χ3n) is 14.3. The average molecular weight is 1230 g/mol. The van der Waals surface area contributed by atoms with Crippen LogP contribution in [-0.2, 0) is 37.9 Å². The molecule has 0 bridgehead atoms. The van der Waals surface area contributed by atoms with Crippen molar-refractivity contribution in [1.29, 1.82) is 0 Å². The van der Waals surface area contributed by atoms with Crippen LogP contribution in [0.15, 0.2) is 0 Å². The molecule has 4 aliphatic rings. The first-order valence-electron chi connectivity index (χ1n) is 26.3. The van der Waals surface area contributed by atoms with Crippen LogP contribution in [0.2, 0.25) is 0 Å². The summed E-state index contributed by atoms with van der Waals surface area (Å²) < 4.78 is 32.5. The van der Waals surface area contributed by atoms with Gasteiger partial charge in [0, 0.05) is 25.9 Å². The number of nitrogens with one attached hydrogen (secondary N) is 1. The van der Waals surface area contributed by atoms with Crippen molar-refractivity contribution in [3.63, 3.8) is 0 Å². The van der Waals surface area contributed by atoms with Crippen LogP contribution >= 0.6 is 7.37 Å². The Morgan fingerprint density at radius 2 is 0.963 bits per heavy atom. The topological polar surface area (TPSA) is 449 Å². The fourth-order valence-corrected chi connectivity index (χ4v) is 8.68. The van der Waals surface area contributed by atoms with Crippen LogP contribution in [0.25, 0.3) is 0 Å². The fraction of sp³-hybridized carbons (Fsp3) is 0.944. The Bertz CT molecular complexity index is 1850. The van der Waals surface area contributed by atoms with Crippen molar-refractivity contribution in [2.24, 2.45) is 21.7 Å². The van der Waals surface area contributed by atoms with E-state index in [4.69, 9.17) is 24.1 Å². The molecule has 22 atom stereocenters. The molecule has 4 fully saturated rings. The van der Waals surface area contributed by atoms with Gasteiger partial charge in [0.05, 0.1) is 61.2 Å². The molecule has 0 spiro atoms. The van der Waals surface area contributed by atoms with Crippen molar-refractivity contribution in [2.45, 2.75) is 292 Å². The van der Waals surface area contributed by atoms with Gasteiger partial charge in [0.1, 0.15) is 85.0 Å². The quantitative estimate of drug-likeness (QED) is 0.0793. The SMILES string of the molecule is C.C.CC(C)(C)C1OC(C(=O)[O-])C(O)C(O)C1O.CC(C)(C)C1OC(CO)C(O)C(O)C1O.CC(C)(C)P(C)(=O)[O-].CCC(O)C(O)C1OC(C(=O)[O-])(C(C)(C)C)CC(O)C1NC(C)=O.CCC1OC(C(C)(C)C)C(O)C(O)C1O.[Na+].[Na+]. The molecular formula is C54H107NNa2O24P-. The Morgan fingerprint density at radius 3 is 1.24 bits per heavy atom. The predicted molar refractivity (Wildman–Crippen MR) is 290 cm³/mol. The summed E-state index contributed by atoms with van der Waals surface area (Å²) in [6.07, 6.45) is -20.9. The van der Waals surface area contributed by atoms with Crippen molar-refractivity contribution in [3.05, 3.63) is 0 Å². The van der Waals surface area contributed by atoms with Crippen molar-refractivity contribution in [2.75, 3.05) is 13.3 Å². The molecule has 0 radical (unpaired) electrons. The van der Waals surface area contributed by atoms with Gasteiger partial charge in [-0.3, -0.25) is 4.79 Å². The van der Waals surface area contributed by atoms with Gasteiger partial charge in [0.15, 0.2) is 0 Å². The number of carboxylic acids is 2. The standard InChI is InChI=1S/C16H29NO7.C11H22O4.C10H18O6.C10H20O5.C5H13O2P.2CH4.2Na/c1-6-9(19)12(21)13-11(17-8(2)18)10(20)7-16(24-13,14(22)23)15(3,4)5;1-5-6-7(12)8(13)9(14)10(15-6)11(2,3)4;1-10(2,3)8-6(13)4(11)5(12)7(16-8)9(14)15;1-10(2,3)9-8(14)7(13)6(12)5(4-11)15-9;1-5(2,3)8(4,6)7;;;;/h9-13,19-21H,6-7H2,1-5H3,(H,17,18)(H,22,23);6-10,12-14H,5H2,1-4H3;4-8,11-13H,1-3H3,(H,14,15);5-9,11-14H,4H2,1-3H3;1-4H3,(H,6,7);2*1H4;;/q;;;;;;;2*+1/p-3. The minimum absolute atomic E-state index is 0. The van der Waals surface area contributed by atoms with Gasteiger partial charge >= 0.3 is 59.1 Å². The Morgan fingerprint density at radius 1 is 0.622 bits per heavy atom. The minimum Gasteiger partial charge on any atom is -0.799 e. The van der Waals surface area contributed by atoms with Crippen molar-refractivity contribution in [1.82, 2.24) is 5.32 Å². The molecule has 480 valence electrons. The van der Waals surface area contributed by atoms with Gasteiger partial charge < -0.3 is 120 Å². The number of aliphatic hydroxyl groups excluding tert-OH is 13. The second-order valence-electron chi connectivity index (χ2n) is 26.0. The molecule has 28 heteroatoms. The summed E-state index contributed by atoms with van der Waals surface area (Å²) in [6.45, 7) is 32.2. The van der Waals surface area contributed by atoms with Crippen LogP contribution in [0.5, 0.6) is 0 Å². The molecule has 14 N–H and O–H groups in total. The molecule has 0 aromatic heterocycles. The number of carbonyl (C=O) groups is 3. The number of aliphatic carboxylic acids is 2. The summed E-state index contributed by atoms with van der Waals surface area (Å²) in [7, 11) is -3.10. The Balaban J connectivity index is -0.000000308. The monoisotopic (exact) mass is 1230 g/mol. The number of aliphatic hydroxyl groups is 13. The maximum atomic E-state index is 11.8. The van der Waals surface area contributed by atoms with Gasteiger partial charge in [-0.05, 0) is 41.2 Å². The third kappa shape index (κ3) is 24.7. The number of rotatable bonds is 8. The Kier molecular flexibility index (Phi) is 39.7. The van der Waals surface area contributed by atoms with E-state index in [1.807, 2.05) is 48.5 Å². The summed E-state index contributed by atoms with van der Waals surface area (Å²) in [5, 5.41) is 151. The molecule has 4 saturated heterocycles. The molecule has 4 heterocycles. The van der Waals surface area contributed by atoms with Crippen LogP contribution in [0, 0.1) is 21.7 Å². The molecule has 4 aliphatic heterocycles. The largest absolute Gasteiger partial charge is 1.00 e. The minimum atomic E-state index is -3.10. The first kappa shape index (κ1) is 90.7. The fourth-order valence-electron chi connectivity index (χ4n) is 8.68. The second kappa shape index (κ2) is 35.9. The second-order valence-corrected chi connectivity index (χ2v) is 29.1. The number of carboxylic acid groups (broad SMARTS) is 2. The van der Waals surface area contributed by atoms with E-state index < -0.39 is 169 Å². The molecule has 25 nitrogen and oxygen atoms in total. The van der Waals surface area contributed by atoms with E-state index in [2.05, 4.69) is 5.32 Å². The molecule has 0 aromatic carbocycles. The maximum absolute atomic E-state index is 11.8. The van der Waals surface area contributed by atoms with Gasteiger partial charge in [-0.25, -0.2) is 0 Å². The molecule has 4 rings (SSSR count). The van der Waals surface area contributed by atoms with E-state index in [0.717, 1.165) is 0 Å². The zero-order chi connectivity index (χ0) is 62.1. The van der Waals surface area contributed by atoms with Crippen molar-refractivity contribution >= 4 is 25.2 Å². The normalized spacial score (nSPS) is 35.5. The van der Waals surface area contributed by atoms with Crippen LogP contribution < -0.4 is 79.5 Å². The summed E-state index contributed by atoms with van der Waals surface area (Å²) in [6, 6.07) is -1.05. The smallest absolute Gasteiger partial charge is 0.799 e. The molecule has 0 aliphatic carbocycles. The number of hydrogen-bond donors (Lipinski definition) is 14. The summed E-state index contributed by atoms with van der Waals surface area (Å²) in [5.74, 6) is -3.59. The van der Waals surface area contributed by atoms with E-state index >= 15 is 0 Å². The maximum Gasteiger partial charge on any atom is 1.00 e. The van der Waals surface area contributed by atoms with Gasteiger partial charge in [-0.15, -0.1) is 0 Å². The van der Waals surface area contributed by atoms with E-state index in [-0.39, 0.29) is 104 Å². The van der Waals surface area contributed by atoms with Crippen LogP contribution in [0.1, 0.15) is 159 Å². The van der Waals surface area contributed by atoms with Gasteiger partial charge in [0.25, 0.3) is 0 Å². The first-order valence-corrected chi connectivity index (χ1v) is 28.3. The van der Waals surface area contributed by atoms with Gasteiger partial charge in [-0.2, -0.15) is 0 Å². The zero-order valence-electron chi connectivity index (χ0n) is 51.1. The Hall–Kier alpha value is -0.0800. The summed E-state index contributed by atoms with van der Waals surface area (Å²) >= 11 is 0. The van der Waals surface area contributed by atoms with Gasteiger partial charge in [0.2, 0.25) is 5.91 Å². The zero-order valence-corrected chi connectivity index (χ0v) is 56.0. The van der Waals surface area contributed by atoms with E-state index in [0.29, 0.717) is 6.42 Å². The number of carbonyl (C=O) groups excluding carboxylic acids is 3. The van der Waals surface area contributed by atoms with Crippen LogP contribution in [0.4, 0.5) is 0 Å². The number of ether oxygens (including phenoxy) is 4. The van der Waals surface area contributed by atoms with Crippen LogP contribution in [0.3, 0.4) is 0 Å². The van der Waals surface area contributed by atoms with E-state index in [9.17, 15) is 95.3 Å². The van der Waals surface area contributed by atoms with Gasteiger partial charge in [-0.1, -0.05) is 133 Å². The van der Waals surface area contributed by atoms with Crippen LogP contribution in [-0.4, -0.2) is 230 Å². The molecule has 22 unspecified atom stereocenters. The third-order valence-corrected chi connectivity index (χ3v) is 16.7. The molecule has 0 aromatic rings.